The highest BCUT2D eigenvalue weighted by Crippen LogP contribution is 2.30. The Kier molecular flexibility index (Phi) is 4.55. The molecule has 2 unspecified atom stereocenters. The molecule has 1 amide bonds. The molecule has 25 heavy (non-hydrogen) atoms. The Balaban J connectivity index is 1.70. The van der Waals surface area contributed by atoms with Crippen LogP contribution in [-0.2, 0) is 23.9 Å². The number of nitrogens with zero attached hydrogens (tertiary/aromatic N) is 2. The summed E-state index contributed by atoms with van der Waals surface area (Å²) in [5.74, 6) is -0.438. The van der Waals surface area contributed by atoms with E-state index in [1.165, 1.54) is 17.0 Å². The van der Waals surface area contributed by atoms with E-state index in [-0.39, 0.29) is 17.9 Å². The Morgan fingerprint density at radius 2 is 2.24 bits per heavy atom. The number of nitrogens with one attached hydrogen (secondary N) is 1. The van der Waals surface area contributed by atoms with E-state index in [1.54, 1.807) is 6.20 Å². The quantitative estimate of drug-likeness (QED) is 0.891. The molecule has 1 aromatic carbocycles. The third-order valence-corrected chi connectivity index (χ3v) is 4.38. The fourth-order valence-corrected chi connectivity index (χ4v) is 3.13. The van der Waals surface area contributed by atoms with Crippen molar-refractivity contribution >= 4 is 5.91 Å². The van der Waals surface area contributed by atoms with E-state index in [2.05, 4.69) is 10.2 Å². The molecular weight excluding hydrogens is 335 g/mol. The first-order valence-electron chi connectivity index (χ1n) is 7.91. The summed E-state index contributed by atoms with van der Waals surface area (Å²) in [6, 6.07) is 4.67. The molecule has 2 aromatic rings. The van der Waals surface area contributed by atoms with Crippen molar-refractivity contribution in [1.82, 2.24) is 15.1 Å². The summed E-state index contributed by atoms with van der Waals surface area (Å²) in [6.07, 6.45) is -4.36. The van der Waals surface area contributed by atoms with Crippen LogP contribution in [0, 0.1) is 0 Å². The van der Waals surface area contributed by atoms with E-state index in [1.807, 2.05) is 6.92 Å². The average Bonchev–Trinajstić information content (AvgIpc) is 3.02. The van der Waals surface area contributed by atoms with Crippen LogP contribution in [0.15, 0.2) is 30.5 Å². The van der Waals surface area contributed by atoms with Crippen LogP contribution >= 0.6 is 0 Å². The van der Waals surface area contributed by atoms with E-state index >= 15 is 0 Å². The summed E-state index contributed by atoms with van der Waals surface area (Å²) < 4.78 is 38.3. The molecule has 0 bridgehead atoms. The van der Waals surface area contributed by atoms with Gasteiger partial charge in [-0.2, -0.15) is 18.3 Å². The molecule has 2 N–H and O–H groups in total. The number of rotatable bonds is 3. The van der Waals surface area contributed by atoms with E-state index in [4.69, 9.17) is 0 Å². The van der Waals surface area contributed by atoms with Crippen molar-refractivity contribution < 1.29 is 23.1 Å². The fourth-order valence-electron chi connectivity index (χ4n) is 3.13. The summed E-state index contributed by atoms with van der Waals surface area (Å²) in [5.41, 5.74) is 1.33. The molecule has 1 aromatic heterocycles. The van der Waals surface area contributed by atoms with E-state index < -0.39 is 23.8 Å². The van der Waals surface area contributed by atoms with Crippen LogP contribution in [0.5, 0.6) is 0 Å². The minimum absolute atomic E-state index is 0.0518. The van der Waals surface area contributed by atoms with Gasteiger partial charge in [0.2, 0.25) is 0 Å². The lowest BCUT2D eigenvalue weighted by molar-refractivity contribution is -0.141. The van der Waals surface area contributed by atoms with Gasteiger partial charge < -0.3 is 10.0 Å². The molecular formula is C17H18F3N3O2. The summed E-state index contributed by atoms with van der Waals surface area (Å²) in [5, 5.41) is 17.1. The number of benzene rings is 1. The number of hydrogen-bond acceptors (Lipinski definition) is 3. The molecule has 0 fully saturated rings. The Hall–Kier alpha value is -2.35. The topological polar surface area (TPSA) is 69.2 Å². The third-order valence-electron chi connectivity index (χ3n) is 4.38. The third kappa shape index (κ3) is 3.68. The van der Waals surface area contributed by atoms with Gasteiger partial charge in [-0.3, -0.25) is 9.89 Å². The molecule has 0 radical (unpaired) electrons. The molecule has 1 aliphatic rings. The Bertz CT molecular complexity index is 772. The van der Waals surface area contributed by atoms with Gasteiger partial charge in [-0.1, -0.05) is 25.1 Å². The van der Waals surface area contributed by atoms with Gasteiger partial charge in [-0.05, 0) is 11.6 Å². The molecule has 0 saturated heterocycles. The molecule has 2 heterocycles. The minimum Gasteiger partial charge on any atom is -0.383 e. The standard InChI is InChI=1S/C17H18F3N3O2/c1-10-8-23(9-12-7-21-22-15(10)12)16(25)14(24)6-11-3-2-4-13(5-11)17(18,19)20/h2-5,7,10,14,24H,6,8-9H2,1H3,(H,21,22). The molecule has 2 atom stereocenters. The lowest BCUT2D eigenvalue weighted by Gasteiger charge is -2.32. The SMILES string of the molecule is CC1CN(C(=O)C(O)Cc2cccc(C(F)(F)F)c2)Cc2cn[nH]c21. The van der Waals surface area contributed by atoms with Gasteiger partial charge in [-0.25, -0.2) is 0 Å². The highest BCUT2D eigenvalue weighted by molar-refractivity contribution is 5.81. The molecule has 134 valence electrons. The Morgan fingerprint density at radius 3 is 2.96 bits per heavy atom. The highest BCUT2D eigenvalue weighted by atomic mass is 19.4. The molecule has 0 aliphatic carbocycles. The maximum Gasteiger partial charge on any atom is 0.416 e. The first-order chi connectivity index (χ1) is 11.8. The van der Waals surface area contributed by atoms with Crippen LogP contribution < -0.4 is 0 Å². The number of fused-ring (bicyclic) bond motifs is 1. The van der Waals surface area contributed by atoms with Gasteiger partial charge in [0, 0.05) is 36.7 Å². The van der Waals surface area contributed by atoms with Gasteiger partial charge in [0.15, 0.2) is 0 Å². The lowest BCUT2D eigenvalue weighted by atomic mass is 9.97. The summed E-state index contributed by atoms with van der Waals surface area (Å²) in [7, 11) is 0. The zero-order valence-corrected chi connectivity index (χ0v) is 13.5. The van der Waals surface area contributed by atoms with Gasteiger partial charge in [0.1, 0.15) is 6.10 Å². The fraction of sp³-hybridized carbons (Fsp3) is 0.412. The average molecular weight is 353 g/mol. The summed E-state index contributed by atoms with van der Waals surface area (Å²) in [4.78, 5) is 14.0. The second-order valence-electron chi connectivity index (χ2n) is 6.35. The predicted octanol–water partition coefficient (Wildman–Crippen LogP) is 2.48. The van der Waals surface area contributed by atoms with Crippen molar-refractivity contribution in [2.45, 2.75) is 38.1 Å². The van der Waals surface area contributed by atoms with Gasteiger partial charge >= 0.3 is 6.18 Å². The van der Waals surface area contributed by atoms with Gasteiger partial charge in [0.05, 0.1) is 11.8 Å². The Labute approximate surface area is 142 Å². The van der Waals surface area contributed by atoms with E-state index in [9.17, 15) is 23.1 Å². The number of carbonyl (C=O) groups is 1. The van der Waals surface area contributed by atoms with Crippen molar-refractivity contribution in [3.8, 4) is 0 Å². The lowest BCUT2D eigenvalue weighted by Crippen LogP contribution is -2.43. The highest BCUT2D eigenvalue weighted by Gasteiger charge is 2.32. The summed E-state index contributed by atoms with van der Waals surface area (Å²) >= 11 is 0. The smallest absolute Gasteiger partial charge is 0.383 e. The molecule has 1 aliphatic heterocycles. The number of H-pyrrole nitrogens is 1. The molecule has 5 nitrogen and oxygen atoms in total. The number of carbonyl (C=O) groups excluding carboxylic acids is 1. The van der Waals surface area contributed by atoms with Crippen LogP contribution in [0.4, 0.5) is 13.2 Å². The van der Waals surface area contributed by atoms with Gasteiger partial charge in [-0.15, -0.1) is 0 Å². The number of alkyl halides is 3. The second-order valence-corrected chi connectivity index (χ2v) is 6.35. The van der Waals surface area contributed by atoms with Crippen molar-refractivity contribution in [2.24, 2.45) is 0 Å². The van der Waals surface area contributed by atoms with Crippen molar-refractivity contribution in [2.75, 3.05) is 6.54 Å². The van der Waals surface area contributed by atoms with Crippen LogP contribution in [0.3, 0.4) is 0 Å². The largest absolute Gasteiger partial charge is 0.416 e. The summed E-state index contributed by atoms with van der Waals surface area (Å²) in [6.45, 7) is 2.69. The first kappa shape index (κ1) is 17.5. The number of hydrogen-bond donors (Lipinski definition) is 2. The van der Waals surface area contributed by atoms with Gasteiger partial charge in [0.25, 0.3) is 5.91 Å². The molecule has 8 heteroatoms. The van der Waals surface area contributed by atoms with Crippen LogP contribution in [-0.4, -0.2) is 38.8 Å². The normalized spacial score (nSPS) is 18.8. The zero-order chi connectivity index (χ0) is 18.2. The van der Waals surface area contributed by atoms with Crippen molar-refractivity contribution in [3.05, 3.63) is 52.8 Å². The number of aliphatic hydroxyl groups is 1. The minimum atomic E-state index is -4.45. The molecule has 0 saturated carbocycles. The predicted molar refractivity (Wildman–Crippen MR) is 83.6 cm³/mol. The number of aliphatic hydroxyl groups excluding tert-OH is 1. The maximum atomic E-state index is 12.8. The number of amides is 1. The monoisotopic (exact) mass is 353 g/mol. The Morgan fingerprint density at radius 1 is 1.48 bits per heavy atom. The van der Waals surface area contributed by atoms with Crippen LogP contribution in [0.25, 0.3) is 0 Å². The number of aromatic amines is 1. The second kappa shape index (κ2) is 6.51. The number of halogens is 3. The molecule has 0 spiro atoms. The van der Waals surface area contributed by atoms with Crippen molar-refractivity contribution in [3.63, 3.8) is 0 Å². The van der Waals surface area contributed by atoms with Crippen molar-refractivity contribution in [1.29, 1.82) is 0 Å². The van der Waals surface area contributed by atoms with E-state index in [0.717, 1.165) is 23.4 Å². The maximum absolute atomic E-state index is 12.8. The van der Waals surface area contributed by atoms with Crippen LogP contribution in [0.1, 0.15) is 35.2 Å². The zero-order valence-electron chi connectivity index (χ0n) is 13.5. The first-order valence-corrected chi connectivity index (χ1v) is 7.91. The van der Waals surface area contributed by atoms with Crippen LogP contribution in [0.2, 0.25) is 0 Å². The number of aromatic nitrogens is 2. The molecule has 3 rings (SSSR count). The van der Waals surface area contributed by atoms with E-state index in [0.29, 0.717) is 13.1 Å².